The van der Waals surface area contributed by atoms with Crippen molar-refractivity contribution < 1.29 is 14.6 Å². The van der Waals surface area contributed by atoms with E-state index in [1.807, 2.05) is 6.07 Å². The van der Waals surface area contributed by atoms with E-state index in [1.54, 1.807) is 19.1 Å². The summed E-state index contributed by atoms with van der Waals surface area (Å²) >= 11 is 3.47. The average Bonchev–Trinajstić information content (AvgIpc) is 2.50. The maximum Gasteiger partial charge on any atom is 0.338 e. The fourth-order valence-corrected chi connectivity index (χ4v) is 2.58. The first-order valence-electron chi connectivity index (χ1n) is 7.33. The number of anilines is 1. The van der Waals surface area contributed by atoms with E-state index in [-0.39, 0.29) is 18.0 Å². The Labute approximate surface area is 135 Å². The van der Waals surface area contributed by atoms with Gasteiger partial charge < -0.3 is 15.2 Å². The van der Waals surface area contributed by atoms with Crippen molar-refractivity contribution in [3.63, 3.8) is 0 Å². The van der Waals surface area contributed by atoms with Gasteiger partial charge in [-0.1, -0.05) is 13.8 Å². The molecule has 0 unspecified atom stereocenters. The minimum Gasteiger partial charge on any atom is -0.462 e. The second-order valence-electron chi connectivity index (χ2n) is 5.13. The molecule has 0 radical (unpaired) electrons. The van der Waals surface area contributed by atoms with Gasteiger partial charge in [0, 0.05) is 22.1 Å². The van der Waals surface area contributed by atoms with E-state index in [9.17, 15) is 9.90 Å². The lowest BCUT2D eigenvalue weighted by Gasteiger charge is -2.30. The molecule has 0 bridgehead atoms. The van der Waals surface area contributed by atoms with Crippen molar-refractivity contribution in [3.8, 4) is 0 Å². The van der Waals surface area contributed by atoms with Crippen LogP contribution in [0.15, 0.2) is 22.7 Å². The highest BCUT2D eigenvalue weighted by molar-refractivity contribution is 9.10. The number of aliphatic hydroxyl groups is 1. The SMILES string of the molecule is CCOC(=O)c1ccc(NCC(CC)(CC)CO)c(Br)c1. The molecule has 118 valence electrons. The largest absolute Gasteiger partial charge is 0.462 e. The molecule has 0 aliphatic carbocycles. The number of hydrogen-bond acceptors (Lipinski definition) is 4. The summed E-state index contributed by atoms with van der Waals surface area (Å²) in [4.78, 5) is 11.7. The number of benzene rings is 1. The third kappa shape index (κ3) is 4.71. The van der Waals surface area contributed by atoms with E-state index < -0.39 is 0 Å². The maximum absolute atomic E-state index is 11.7. The Balaban J connectivity index is 2.79. The molecule has 0 saturated carbocycles. The number of rotatable bonds is 8. The molecule has 0 spiro atoms. The molecule has 0 atom stereocenters. The van der Waals surface area contributed by atoms with Crippen LogP contribution in [-0.4, -0.2) is 30.8 Å². The summed E-state index contributed by atoms with van der Waals surface area (Å²) < 4.78 is 5.79. The standard InChI is InChI=1S/C16H24BrNO3/c1-4-16(5-2,11-19)10-18-14-8-7-12(9-13(14)17)15(20)21-6-3/h7-9,18-19H,4-6,10-11H2,1-3H3. The Bertz CT molecular complexity index is 464. The molecule has 1 aromatic rings. The smallest absolute Gasteiger partial charge is 0.338 e. The van der Waals surface area contributed by atoms with E-state index >= 15 is 0 Å². The molecule has 0 amide bonds. The lowest BCUT2D eigenvalue weighted by atomic mass is 9.83. The first kappa shape index (κ1) is 18.0. The highest BCUT2D eigenvalue weighted by Gasteiger charge is 2.25. The molecule has 5 heteroatoms. The van der Waals surface area contributed by atoms with Gasteiger partial charge in [0.1, 0.15) is 0 Å². The van der Waals surface area contributed by atoms with Crippen LogP contribution in [0.4, 0.5) is 5.69 Å². The number of esters is 1. The lowest BCUT2D eigenvalue weighted by Crippen LogP contribution is -2.32. The van der Waals surface area contributed by atoms with Crippen molar-refractivity contribution in [2.45, 2.75) is 33.6 Å². The number of carbonyl (C=O) groups is 1. The minimum absolute atomic E-state index is 0.112. The van der Waals surface area contributed by atoms with Gasteiger partial charge in [0.15, 0.2) is 0 Å². The van der Waals surface area contributed by atoms with E-state index in [2.05, 4.69) is 35.1 Å². The highest BCUT2D eigenvalue weighted by Crippen LogP contribution is 2.29. The molecule has 21 heavy (non-hydrogen) atoms. The first-order chi connectivity index (χ1) is 10.0. The zero-order valence-electron chi connectivity index (χ0n) is 12.9. The van der Waals surface area contributed by atoms with E-state index in [4.69, 9.17) is 4.74 Å². The normalized spacial score (nSPS) is 11.3. The average molecular weight is 358 g/mol. The number of carbonyl (C=O) groups excluding carboxylic acids is 1. The number of nitrogens with one attached hydrogen (secondary N) is 1. The molecule has 2 N–H and O–H groups in total. The zero-order chi connectivity index (χ0) is 15.9. The van der Waals surface area contributed by atoms with Crippen LogP contribution in [0.25, 0.3) is 0 Å². The zero-order valence-corrected chi connectivity index (χ0v) is 14.5. The Morgan fingerprint density at radius 3 is 2.48 bits per heavy atom. The second kappa shape index (κ2) is 8.39. The van der Waals surface area contributed by atoms with Gasteiger partial charge in [-0.05, 0) is 53.9 Å². The van der Waals surface area contributed by atoms with Crippen LogP contribution in [0.1, 0.15) is 44.0 Å². The van der Waals surface area contributed by atoms with Crippen molar-refractivity contribution in [2.75, 3.05) is 25.1 Å². The molecular formula is C16H24BrNO3. The predicted octanol–water partition coefficient (Wildman–Crippen LogP) is 3.84. The van der Waals surface area contributed by atoms with Gasteiger partial charge in [0.05, 0.1) is 18.8 Å². The lowest BCUT2D eigenvalue weighted by molar-refractivity contribution is 0.0526. The molecule has 0 fully saturated rings. The Kier molecular flexibility index (Phi) is 7.18. The molecule has 0 aromatic heterocycles. The number of ether oxygens (including phenoxy) is 1. The fraction of sp³-hybridized carbons (Fsp3) is 0.562. The highest BCUT2D eigenvalue weighted by atomic mass is 79.9. The number of aliphatic hydroxyl groups excluding tert-OH is 1. The third-order valence-electron chi connectivity index (χ3n) is 3.97. The van der Waals surface area contributed by atoms with Gasteiger partial charge in [-0.2, -0.15) is 0 Å². The van der Waals surface area contributed by atoms with Crippen LogP contribution in [0.5, 0.6) is 0 Å². The summed E-state index contributed by atoms with van der Waals surface area (Å²) in [6.45, 7) is 7.16. The molecule has 0 aliphatic rings. The maximum atomic E-state index is 11.7. The molecule has 4 nitrogen and oxygen atoms in total. The summed E-state index contributed by atoms with van der Waals surface area (Å²) in [6, 6.07) is 5.34. The van der Waals surface area contributed by atoms with Crippen molar-refractivity contribution in [3.05, 3.63) is 28.2 Å². The van der Waals surface area contributed by atoms with Gasteiger partial charge in [-0.15, -0.1) is 0 Å². The van der Waals surface area contributed by atoms with Gasteiger partial charge in [0.25, 0.3) is 0 Å². The Hall–Kier alpha value is -1.07. The molecule has 0 heterocycles. The van der Waals surface area contributed by atoms with Crippen molar-refractivity contribution >= 4 is 27.6 Å². The van der Waals surface area contributed by atoms with E-state index in [0.717, 1.165) is 23.0 Å². The summed E-state index contributed by atoms with van der Waals surface area (Å²) in [7, 11) is 0. The third-order valence-corrected chi connectivity index (χ3v) is 4.63. The van der Waals surface area contributed by atoms with Crippen molar-refractivity contribution in [2.24, 2.45) is 5.41 Å². The van der Waals surface area contributed by atoms with Crippen molar-refractivity contribution in [1.82, 2.24) is 0 Å². The van der Waals surface area contributed by atoms with E-state index in [1.165, 1.54) is 0 Å². The predicted molar refractivity (Wildman–Crippen MR) is 88.7 cm³/mol. The first-order valence-corrected chi connectivity index (χ1v) is 8.12. The summed E-state index contributed by atoms with van der Waals surface area (Å²) in [5, 5.41) is 12.9. The Morgan fingerprint density at radius 2 is 2.00 bits per heavy atom. The van der Waals surface area contributed by atoms with Crippen LogP contribution >= 0.6 is 15.9 Å². The van der Waals surface area contributed by atoms with Crippen LogP contribution in [0.2, 0.25) is 0 Å². The molecule has 0 saturated heterocycles. The minimum atomic E-state index is -0.323. The molecular weight excluding hydrogens is 334 g/mol. The van der Waals surface area contributed by atoms with Crippen LogP contribution in [0.3, 0.4) is 0 Å². The summed E-state index contributed by atoms with van der Waals surface area (Å²) in [5.74, 6) is -0.323. The fourth-order valence-electron chi connectivity index (χ4n) is 2.06. The topological polar surface area (TPSA) is 58.6 Å². The van der Waals surface area contributed by atoms with Gasteiger partial charge in [-0.25, -0.2) is 4.79 Å². The molecule has 1 aromatic carbocycles. The van der Waals surface area contributed by atoms with Crippen LogP contribution in [0, 0.1) is 5.41 Å². The Morgan fingerprint density at radius 1 is 1.33 bits per heavy atom. The summed E-state index contributed by atoms with van der Waals surface area (Å²) in [6.07, 6.45) is 1.82. The monoisotopic (exact) mass is 357 g/mol. The quantitative estimate of drug-likeness (QED) is 0.694. The van der Waals surface area contributed by atoms with Crippen molar-refractivity contribution in [1.29, 1.82) is 0 Å². The van der Waals surface area contributed by atoms with Crippen LogP contribution in [-0.2, 0) is 4.74 Å². The molecule has 1 rings (SSSR count). The van der Waals surface area contributed by atoms with Gasteiger partial charge in [-0.3, -0.25) is 0 Å². The van der Waals surface area contributed by atoms with Gasteiger partial charge >= 0.3 is 5.97 Å². The number of halogens is 1. The molecule has 0 aliphatic heterocycles. The van der Waals surface area contributed by atoms with Crippen LogP contribution < -0.4 is 5.32 Å². The van der Waals surface area contributed by atoms with E-state index in [0.29, 0.717) is 18.7 Å². The summed E-state index contributed by atoms with van der Waals surface area (Å²) in [5.41, 5.74) is 1.32. The number of hydrogen-bond donors (Lipinski definition) is 2. The van der Waals surface area contributed by atoms with Gasteiger partial charge in [0.2, 0.25) is 0 Å². The second-order valence-corrected chi connectivity index (χ2v) is 5.99.